The molecule has 1 aromatic rings. The first-order chi connectivity index (χ1) is 12.0. The van der Waals surface area contributed by atoms with Crippen LogP contribution in [0.2, 0.25) is 0 Å². The van der Waals surface area contributed by atoms with Gasteiger partial charge in [0, 0.05) is 32.1 Å². The highest BCUT2D eigenvalue weighted by Gasteiger charge is 2.28. The van der Waals surface area contributed by atoms with Crippen molar-refractivity contribution in [2.75, 3.05) is 49.6 Å². The fraction of sp³-hybridized carbons (Fsp3) is 0.647. The number of hydrogen-bond acceptors (Lipinski definition) is 4. The number of piperidine rings is 1. The Morgan fingerprint density at radius 3 is 2.52 bits per heavy atom. The van der Waals surface area contributed by atoms with Crippen molar-refractivity contribution in [3.63, 3.8) is 0 Å². The molecule has 0 spiro atoms. The number of nitrogens with one attached hydrogen (secondary N) is 1. The number of ether oxygens (including phenoxy) is 1. The molecule has 2 amide bonds. The van der Waals surface area contributed by atoms with Crippen LogP contribution in [0.5, 0.6) is 0 Å². The highest BCUT2D eigenvalue weighted by molar-refractivity contribution is 5.90. The highest BCUT2D eigenvalue weighted by Crippen LogP contribution is 2.25. The second-order valence-electron chi connectivity index (χ2n) is 6.49. The van der Waals surface area contributed by atoms with Crippen LogP contribution in [-0.2, 0) is 4.74 Å². The van der Waals surface area contributed by atoms with Gasteiger partial charge in [0.15, 0.2) is 0 Å². The molecule has 0 bridgehead atoms. The predicted octanol–water partition coefficient (Wildman–Crippen LogP) is 2.74. The van der Waals surface area contributed by atoms with E-state index in [2.05, 4.69) is 15.2 Å². The van der Waals surface area contributed by atoms with E-state index in [1.807, 2.05) is 19.1 Å². The number of halogens is 2. The minimum absolute atomic E-state index is 0.253. The molecule has 138 valence electrons. The van der Waals surface area contributed by atoms with Gasteiger partial charge in [0.2, 0.25) is 6.43 Å². The molecule has 2 saturated heterocycles. The molecular formula is C17H24F2N4O2. The smallest absolute Gasteiger partial charge is 0.321 e. The maximum atomic E-state index is 12.7. The van der Waals surface area contributed by atoms with Crippen LogP contribution in [0.3, 0.4) is 0 Å². The van der Waals surface area contributed by atoms with E-state index >= 15 is 0 Å². The first kappa shape index (κ1) is 17.8. The number of pyridine rings is 1. The van der Waals surface area contributed by atoms with E-state index in [9.17, 15) is 13.6 Å². The van der Waals surface area contributed by atoms with Crippen LogP contribution >= 0.6 is 0 Å². The van der Waals surface area contributed by atoms with Crippen molar-refractivity contribution in [2.45, 2.75) is 26.2 Å². The fourth-order valence-corrected chi connectivity index (χ4v) is 3.20. The van der Waals surface area contributed by atoms with Gasteiger partial charge in [0.25, 0.3) is 0 Å². The molecule has 25 heavy (non-hydrogen) atoms. The maximum absolute atomic E-state index is 12.7. The number of aryl methyl sites for hydroxylation is 1. The molecule has 6 nitrogen and oxygen atoms in total. The molecule has 0 unspecified atom stereocenters. The molecule has 3 rings (SSSR count). The number of nitrogens with zero attached hydrogens (tertiary/aromatic N) is 3. The SMILES string of the molecule is Cc1nc(N2CCOCC2)ccc1NC(=O)N1CCC(C(F)F)CC1. The molecule has 2 aliphatic rings. The number of carbonyl (C=O) groups excluding carboxylic acids is 1. The Morgan fingerprint density at radius 1 is 1.24 bits per heavy atom. The lowest BCUT2D eigenvalue weighted by Gasteiger charge is -2.32. The zero-order valence-electron chi connectivity index (χ0n) is 14.4. The number of hydrogen-bond donors (Lipinski definition) is 1. The van der Waals surface area contributed by atoms with E-state index in [4.69, 9.17) is 4.74 Å². The number of anilines is 2. The number of aromatic nitrogens is 1. The summed E-state index contributed by atoms with van der Waals surface area (Å²) in [6.07, 6.45) is -1.61. The Bertz CT molecular complexity index is 600. The Balaban J connectivity index is 1.58. The van der Waals surface area contributed by atoms with E-state index in [0.717, 1.165) is 24.6 Å². The first-order valence-corrected chi connectivity index (χ1v) is 8.69. The average molecular weight is 354 g/mol. The zero-order valence-corrected chi connectivity index (χ0v) is 14.4. The Labute approximate surface area is 146 Å². The van der Waals surface area contributed by atoms with Crippen molar-refractivity contribution in [3.05, 3.63) is 17.8 Å². The van der Waals surface area contributed by atoms with E-state index in [0.29, 0.717) is 44.8 Å². The van der Waals surface area contributed by atoms with E-state index in [1.165, 1.54) is 0 Å². The zero-order chi connectivity index (χ0) is 17.8. The first-order valence-electron chi connectivity index (χ1n) is 8.69. The van der Waals surface area contributed by atoms with Gasteiger partial charge in [-0.25, -0.2) is 18.6 Å². The molecule has 0 aliphatic carbocycles. The van der Waals surface area contributed by atoms with Gasteiger partial charge in [-0.2, -0.15) is 0 Å². The largest absolute Gasteiger partial charge is 0.378 e. The number of amides is 2. The maximum Gasteiger partial charge on any atom is 0.321 e. The molecule has 0 aromatic carbocycles. The van der Waals surface area contributed by atoms with Gasteiger partial charge in [0.1, 0.15) is 5.82 Å². The molecule has 8 heteroatoms. The van der Waals surface area contributed by atoms with Gasteiger partial charge in [-0.3, -0.25) is 0 Å². The number of rotatable bonds is 3. The monoisotopic (exact) mass is 354 g/mol. The molecule has 0 saturated carbocycles. The van der Waals surface area contributed by atoms with Crippen LogP contribution in [0.15, 0.2) is 12.1 Å². The lowest BCUT2D eigenvalue weighted by atomic mass is 9.98. The van der Waals surface area contributed by atoms with Crippen molar-refractivity contribution < 1.29 is 18.3 Å². The molecule has 0 atom stereocenters. The standard InChI is InChI=1S/C17H24F2N4O2/c1-12-14(2-3-15(20-12)22-8-10-25-11-9-22)21-17(24)23-6-4-13(5-7-23)16(18)19/h2-3,13,16H,4-11H2,1H3,(H,21,24). The summed E-state index contributed by atoms with van der Waals surface area (Å²) in [4.78, 5) is 20.7. The summed E-state index contributed by atoms with van der Waals surface area (Å²) in [6.45, 7) is 5.55. The van der Waals surface area contributed by atoms with Crippen molar-refractivity contribution in [3.8, 4) is 0 Å². The molecule has 1 aromatic heterocycles. The van der Waals surface area contributed by atoms with Crippen LogP contribution in [0.4, 0.5) is 25.1 Å². The van der Waals surface area contributed by atoms with Crippen LogP contribution in [0, 0.1) is 12.8 Å². The number of carbonyl (C=O) groups is 1. The van der Waals surface area contributed by atoms with Gasteiger partial charge >= 0.3 is 6.03 Å². The van der Waals surface area contributed by atoms with Crippen LogP contribution < -0.4 is 10.2 Å². The molecule has 1 N–H and O–H groups in total. The van der Waals surface area contributed by atoms with E-state index in [-0.39, 0.29) is 6.03 Å². The number of morpholine rings is 1. The normalized spacial score (nSPS) is 19.4. The van der Waals surface area contributed by atoms with E-state index in [1.54, 1.807) is 4.90 Å². The van der Waals surface area contributed by atoms with Gasteiger partial charge < -0.3 is 19.9 Å². The van der Waals surface area contributed by atoms with Crippen LogP contribution in [0.1, 0.15) is 18.5 Å². The topological polar surface area (TPSA) is 57.7 Å². The highest BCUT2D eigenvalue weighted by atomic mass is 19.3. The summed E-state index contributed by atoms with van der Waals surface area (Å²) in [5, 5.41) is 2.85. The lowest BCUT2D eigenvalue weighted by Crippen LogP contribution is -2.42. The van der Waals surface area contributed by atoms with Crippen LogP contribution in [0.25, 0.3) is 0 Å². The third-order valence-electron chi connectivity index (χ3n) is 4.83. The van der Waals surface area contributed by atoms with Crippen molar-refractivity contribution in [2.24, 2.45) is 5.92 Å². The second-order valence-corrected chi connectivity index (χ2v) is 6.49. The van der Waals surface area contributed by atoms with Crippen LogP contribution in [-0.4, -0.2) is 61.7 Å². The van der Waals surface area contributed by atoms with E-state index < -0.39 is 12.3 Å². The molecule has 2 aliphatic heterocycles. The van der Waals surface area contributed by atoms with Crippen molar-refractivity contribution in [1.82, 2.24) is 9.88 Å². The van der Waals surface area contributed by atoms with Crippen molar-refractivity contribution >= 4 is 17.5 Å². The van der Waals surface area contributed by atoms with Gasteiger partial charge in [-0.15, -0.1) is 0 Å². The number of likely N-dealkylation sites (tertiary alicyclic amines) is 1. The Morgan fingerprint density at radius 2 is 1.92 bits per heavy atom. The van der Waals surface area contributed by atoms with Gasteiger partial charge in [-0.1, -0.05) is 0 Å². The third kappa shape index (κ3) is 4.36. The number of urea groups is 1. The minimum atomic E-state index is -2.30. The summed E-state index contributed by atoms with van der Waals surface area (Å²) in [5.41, 5.74) is 1.39. The Kier molecular flexibility index (Phi) is 5.67. The molecule has 0 radical (unpaired) electrons. The third-order valence-corrected chi connectivity index (χ3v) is 4.83. The summed E-state index contributed by atoms with van der Waals surface area (Å²) < 4.78 is 30.7. The average Bonchev–Trinajstić information content (AvgIpc) is 2.64. The molecule has 3 heterocycles. The summed E-state index contributed by atoms with van der Waals surface area (Å²) in [5.74, 6) is 0.275. The summed E-state index contributed by atoms with van der Waals surface area (Å²) in [6, 6.07) is 3.48. The fourth-order valence-electron chi connectivity index (χ4n) is 3.20. The molecular weight excluding hydrogens is 330 g/mol. The quantitative estimate of drug-likeness (QED) is 0.907. The minimum Gasteiger partial charge on any atom is -0.378 e. The van der Waals surface area contributed by atoms with Crippen molar-refractivity contribution in [1.29, 1.82) is 0 Å². The lowest BCUT2D eigenvalue weighted by molar-refractivity contribution is 0.0433. The van der Waals surface area contributed by atoms with Gasteiger partial charge in [0.05, 0.1) is 24.6 Å². The number of alkyl halides is 2. The second kappa shape index (κ2) is 7.95. The summed E-state index contributed by atoms with van der Waals surface area (Å²) in [7, 11) is 0. The predicted molar refractivity (Wildman–Crippen MR) is 91.3 cm³/mol. The van der Waals surface area contributed by atoms with Gasteiger partial charge in [-0.05, 0) is 31.9 Å². The summed E-state index contributed by atoms with van der Waals surface area (Å²) >= 11 is 0. The molecule has 2 fully saturated rings. The Hall–Kier alpha value is -1.96.